The molecule has 0 radical (unpaired) electrons. The Morgan fingerprint density at radius 3 is 2.33 bits per heavy atom. The van der Waals surface area contributed by atoms with Gasteiger partial charge in [-0.05, 0) is 59.9 Å². The molecule has 0 aromatic heterocycles. The maximum absolute atomic E-state index is 13.1. The topological polar surface area (TPSA) is 20.3 Å². The van der Waals surface area contributed by atoms with Gasteiger partial charge in [-0.3, -0.25) is 4.79 Å². The molecule has 0 saturated heterocycles. The number of anilines is 1. The third kappa shape index (κ3) is 4.79. The van der Waals surface area contributed by atoms with Gasteiger partial charge in [0.05, 0.1) is 5.56 Å². The van der Waals surface area contributed by atoms with Crippen LogP contribution in [0.5, 0.6) is 0 Å². The van der Waals surface area contributed by atoms with E-state index in [1.165, 1.54) is 12.1 Å². The van der Waals surface area contributed by atoms with Gasteiger partial charge in [-0.25, -0.2) is 0 Å². The smallest absolute Gasteiger partial charge is 0.374 e. The number of rotatable bonds is 6. The van der Waals surface area contributed by atoms with Gasteiger partial charge in [0.15, 0.2) is 0 Å². The fraction of sp³-hybridized carbons (Fsp3) is 0.318. The van der Waals surface area contributed by atoms with Crippen LogP contribution in [0.3, 0.4) is 0 Å². The molecule has 2 aromatic rings. The summed E-state index contributed by atoms with van der Waals surface area (Å²) in [5, 5.41) is 0. The Hall–Kier alpha value is -2.56. The second-order valence-electron chi connectivity index (χ2n) is 6.74. The summed E-state index contributed by atoms with van der Waals surface area (Å²) in [5.74, 6) is 0.0935. The summed E-state index contributed by atoms with van der Waals surface area (Å²) in [6.45, 7) is 6.76. The van der Waals surface area contributed by atoms with E-state index in [-0.39, 0.29) is 5.92 Å². The second-order valence-corrected chi connectivity index (χ2v) is 6.74. The van der Waals surface area contributed by atoms with Crippen molar-refractivity contribution in [3.8, 4) is 11.1 Å². The summed E-state index contributed by atoms with van der Waals surface area (Å²) < 4.78 is 39.2. The first kappa shape index (κ1) is 20.7. The van der Waals surface area contributed by atoms with Gasteiger partial charge in [0.2, 0.25) is 0 Å². The lowest BCUT2D eigenvalue weighted by Gasteiger charge is -2.24. The summed E-state index contributed by atoms with van der Waals surface area (Å²) in [6.07, 6.45) is -2.10. The maximum Gasteiger partial charge on any atom is 0.416 e. The van der Waals surface area contributed by atoms with Gasteiger partial charge < -0.3 is 4.90 Å². The molecule has 0 unspecified atom stereocenters. The number of carbonyl (C=O) groups excluding carboxylic acids is 1. The molecular formula is C22H24F3NO. The highest BCUT2D eigenvalue weighted by Gasteiger charge is 2.30. The Morgan fingerprint density at radius 1 is 1.11 bits per heavy atom. The van der Waals surface area contributed by atoms with Crippen LogP contribution in [0.15, 0.2) is 48.5 Å². The first-order valence-corrected chi connectivity index (χ1v) is 8.87. The number of aldehydes is 1. The van der Waals surface area contributed by atoms with Crippen molar-refractivity contribution in [1.29, 1.82) is 0 Å². The average molecular weight is 375 g/mol. The molecule has 0 heterocycles. The van der Waals surface area contributed by atoms with E-state index < -0.39 is 11.7 Å². The zero-order valence-corrected chi connectivity index (χ0v) is 16.0. The molecule has 0 fully saturated rings. The van der Waals surface area contributed by atoms with Crippen LogP contribution in [0.1, 0.15) is 31.9 Å². The van der Waals surface area contributed by atoms with Gasteiger partial charge >= 0.3 is 6.18 Å². The van der Waals surface area contributed by atoms with Crippen molar-refractivity contribution in [1.82, 2.24) is 0 Å². The van der Waals surface area contributed by atoms with Crippen molar-refractivity contribution in [2.24, 2.45) is 5.92 Å². The van der Waals surface area contributed by atoms with Gasteiger partial charge in [0.25, 0.3) is 0 Å². The van der Waals surface area contributed by atoms with E-state index >= 15 is 0 Å². The number of nitrogens with zero attached hydrogens (tertiary/aromatic N) is 1. The van der Waals surface area contributed by atoms with Gasteiger partial charge in [-0.1, -0.05) is 32.0 Å². The lowest BCUT2D eigenvalue weighted by molar-refractivity contribution is -0.137. The molecule has 0 aliphatic carbocycles. The fourth-order valence-corrected chi connectivity index (χ4v) is 2.99. The molecule has 2 rings (SSSR count). The number of benzene rings is 2. The van der Waals surface area contributed by atoms with E-state index in [9.17, 15) is 18.0 Å². The molecule has 0 bridgehead atoms. The van der Waals surface area contributed by atoms with E-state index in [2.05, 4.69) is 0 Å². The molecule has 5 heteroatoms. The highest BCUT2D eigenvalue weighted by molar-refractivity contribution is 5.88. The Balaban J connectivity index is 2.66. The van der Waals surface area contributed by atoms with Gasteiger partial charge in [-0.2, -0.15) is 13.2 Å². The molecule has 0 amide bonds. The lowest BCUT2D eigenvalue weighted by Crippen LogP contribution is -2.18. The minimum Gasteiger partial charge on any atom is -0.374 e. The van der Waals surface area contributed by atoms with Crippen LogP contribution in [0.2, 0.25) is 0 Å². The van der Waals surface area contributed by atoms with Crippen molar-refractivity contribution in [3.05, 3.63) is 59.7 Å². The van der Waals surface area contributed by atoms with Crippen molar-refractivity contribution in [2.45, 2.75) is 26.9 Å². The number of alkyl halides is 3. The summed E-state index contributed by atoms with van der Waals surface area (Å²) in [7, 11) is 1.95. The zero-order chi connectivity index (χ0) is 20.2. The van der Waals surface area contributed by atoms with Crippen molar-refractivity contribution >= 4 is 17.5 Å². The molecule has 0 saturated carbocycles. The van der Waals surface area contributed by atoms with Gasteiger partial charge in [-0.15, -0.1) is 0 Å². The van der Waals surface area contributed by atoms with E-state index in [0.717, 1.165) is 41.8 Å². The lowest BCUT2D eigenvalue weighted by atomic mass is 9.90. The number of carbonyl (C=O) groups is 1. The standard InChI is InChI=1S/C22H24F3NO/c1-5-26(4)21-10-9-17(14-20(21)19(11-12-27)15(2)3)16-7-6-8-18(13-16)22(23,24)25/h6-15H,5H2,1-4H3/b19-11-. The summed E-state index contributed by atoms with van der Waals surface area (Å²) in [6, 6.07) is 10.9. The van der Waals surface area contributed by atoms with E-state index in [1.807, 2.05) is 50.9 Å². The van der Waals surface area contributed by atoms with Gasteiger partial charge in [0.1, 0.15) is 6.29 Å². The van der Waals surface area contributed by atoms with Crippen LogP contribution in [0, 0.1) is 5.92 Å². The highest BCUT2D eigenvalue weighted by Crippen LogP contribution is 2.37. The van der Waals surface area contributed by atoms with Crippen LogP contribution in [0.4, 0.5) is 18.9 Å². The Morgan fingerprint density at radius 2 is 1.78 bits per heavy atom. The van der Waals surface area contributed by atoms with Crippen LogP contribution in [0.25, 0.3) is 16.7 Å². The van der Waals surface area contributed by atoms with Crippen molar-refractivity contribution in [3.63, 3.8) is 0 Å². The highest BCUT2D eigenvalue weighted by atomic mass is 19.4. The molecule has 0 aliphatic heterocycles. The maximum atomic E-state index is 13.1. The molecule has 144 valence electrons. The van der Waals surface area contributed by atoms with Crippen LogP contribution in [-0.2, 0) is 11.0 Å². The number of allylic oxidation sites excluding steroid dienone is 2. The fourth-order valence-electron chi connectivity index (χ4n) is 2.99. The van der Waals surface area contributed by atoms with E-state index in [0.29, 0.717) is 11.1 Å². The largest absolute Gasteiger partial charge is 0.416 e. The van der Waals surface area contributed by atoms with E-state index in [4.69, 9.17) is 0 Å². The van der Waals surface area contributed by atoms with Gasteiger partial charge in [0, 0.05) is 24.8 Å². The van der Waals surface area contributed by atoms with Crippen LogP contribution < -0.4 is 4.90 Å². The minimum atomic E-state index is -4.39. The molecule has 0 N–H and O–H groups in total. The first-order chi connectivity index (χ1) is 12.7. The normalized spacial score (nSPS) is 12.4. The number of hydrogen-bond acceptors (Lipinski definition) is 2. The summed E-state index contributed by atoms with van der Waals surface area (Å²) in [4.78, 5) is 13.2. The molecule has 0 atom stereocenters. The predicted octanol–water partition coefficient (Wildman–Crippen LogP) is 6.07. The Labute approximate surface area is 158 Å². The van der Waals surface area contributed by atoms with Crippen LogP contribution >= 0.6 is 0 Å². The third-order valence-corrected chi connectivity index (χ3v) is 4.59. The first-order valence-electron chi connectivity index (χ1n) is 8.87. The molecule has 2 nitrogen and oxygen atoms in total. The Kier molecular flexibility index (Phi) is 6.47. The number of halogens is 3. The quantitative estimate of drug-likeness (QED) is 0.451. The zero-order valence-electron chi connectivity index (χ0n) is 16.0. The second kappa shape index (κ2) is 8.42. The summed E-state index contributed by atoms with van der Waals surface area (Å²) >= 11 is 0. The molecule has 0 spiro atoms. The molecular weight excluding hydrogens is 351 g/mol. The molecule has 27 heavy (non-hydrogen) atoms. The minimum absolute atomic E-state index is 0.0935. The number of hydrogen-bond donors (Lipinski definition) is 0. The third-order valence-electron chi connectivity index (χ3n) is 4.59. The molecule has 0 aliphatic rings. The predicted molar refractivity (Wildman–Crippen MR) is 105 cm³/mol. The molecule has 2 aromatic carbocycles. The summed E-state index contributed by atoms with van der Waals surface area (Å²) in [5.41, 5.74) is 3.15. The van der Waals surface area contributed by atoms with E-state index in [1.54, 1.807) is 6.07 Å². The monoisotopic (exact) mass is 375 g/mol. The van der Waals surface area contributed by atoms with Crippen LogP contribution in [-0.4, -0.2) is 19.9 Å². The van der Waals surface area contributed by atoms with Crippen molar-refractivity contribution < 1.29 is 18.0 Å². The SMILES string of the molecule is CCN(C)c1ccc(-c2cccc(C(F)(F)F)c2)cc1/C(=C\C=O)C(C)C. The Bertz CT molecular complexity index is 838. The van der Waals surface area contributed by atoms with Crippen molar-refractivity contribution in [2.75, 3.05) is 18.5 Å². The average Bonchev–Trinajstić information content (AvgIpc) is 2.64.